The van der Waals surface area contributed by atoms with Gasteiger partial charge in [0.25, 0.3) is 0 Å². The highest BCUT2D eigenvalue weighted by Gasteiger charge is 2.54. The van der Waals surface area contributed by atoms with Crippen LogP contribution in [0.1, 0.15) is 23.1 Å². The molecule has 0 aliphatic carbocycles. The molecule has 7 heterocycles. The number of carbonyl (C=O) groups excluding carboxylic acids is 3. The molecule has 0 spiro atoms. The Morgan fingerprint density at radius 3 is 1.26 bits per heavy atom. The van der Waals surface area contributed by atoms with Gasteiger partial charge in [-0.2, -0.15) is 0 Å². The van der Waals surface area contributed by atoms with E-state index in [0.717, 1.165) is 66.8 Å². The van der Waals surface area contributed by atoms with Gasteiger partial charge in [0.15, 0.2) is 46.9 Å². The minimum Gasteiger partial charge on any atom is -0.507 e. The standard InChI is InChI=1S/C78H88O43/c79-24-48-41(87)23-42(88)73(115-48)111-44-21-34(82)20-43-36(44)22-47(71(110-43)33-8-13-37(83)40(86)19-33)114-78-72(121-77-70(105)65(100)60(95)52(119-77)28-107-56(91)16-7-32-4-12-39(85)46(18-32)113-76-69(104)63(98)58(93)50(26-81)117-76)66(101)61(96)53(120-78)29-108-54(89)14-5-30-1-9-35(10-2-30)109-74-67(102)64(99)59(94)51(118-74)27-106-55(90)15-6-31-3-11-38(84)45(17-31)112-75-68(103)62(97)57(92)49(25-80)116-75/h1-22,41-42,48-53,57-70,72-81,87-88,92-105H,23-29H2,(H4-,82,83,84,85,86,90,91)/p+1/b14-5+/t41-,42+,48+,49-,50+,51+,52-,53+,57-,58+,59+,60-,61+,62+,63-,64-,65+,66-,67+,68-,69+,70-,72+,73+,74+,75-,76+,77+,78+/m0/s1. The summed E-state index contributed by atoms with van der Waals surface area (Å²) in [5.41, 5.74) is 0.307. The molecule has 43 heteroatoms. The van der Waals surface area contributed by atoms with Crippen molar-refractivity contribution in [2.45, 2.75) is 185 Å². The van der Waals surface area contributed by atoms with E-state index in [0.29, 0.717) is 0 Å². The molecule has 121 heavy (non-hydrogen) atoms. The van der Waals surface area contributed by atoms with Crippen LogP contribution in [0.5, 0.6) is 57.5 Å². The number of benzene rings is 5. The average Bonchev–Trinajstić information content (AvgIpc) is 0.758. The maximum Gasteiger partial charge on any atom is 0.402 e. The Bertz CT molecular complexity index is 4620. The van der Waals surface area contributed by atoms with Gasteiger partial charge in [-0.15, -0.1) is 0 Å². The summed E-state index contributed by atoms with van der Waals surface area (Å²) in [6.07, 6.45) is -46.6. The number of carbonyl (C=O) groups is 3. The molecule has 6 aliphatic heterocycles. The minimum atomic E-state index is -2.29. The molecule has 0 radical (unpaired) electrons. The van der Waals surface area contributed by atoms with E-state index >= 15 is 0 Å². The molecule has 0 unspecified atom stereocenters. The lowest BCUT2D eigenvalue weighted by Crippen LogP contribution is -2.65. The number of ether oxygens (including phenoxy) is 15. The van der Waals surface area contributed by atoms with Crippen molar-refractivity contribution < 1.29 is 212 Å². The van der Waals surface area contributed by atoms with Crippen LogP contribution in [0.15, 0.2) is 120 Å². The van der Waals surface area contributed by atoms with Crippen molar-refractivity contribution in [3.8, 4) is 68.8 Å². The van der Waals surface area contributed by atoms with Gasteiger partial charge in [0.05, 0.1) is 37.6 Å². The molecular formula is C78H89O43+. The lowest BCUT2D eigenvalue weighted by Gasteiger charge is -2.45. The number of fused-ring (bicyclic) bond motifs is 1. The van der Waals surface area contributed by atoms with E-state index in [-0.39, 0.29) is 62.6 Å². The fourth-order valence-corrected chi connectivity index (χ4v) is 13.3. The van der Waals surface area contributed by atoms with Crippen molar-refractivity contribution >= 4 is 47.1 Å². The Balaban J connectivity index is 0.730. The maximum absolute atomic E-state index is 13.6. The summed E-state index contributed by atoms with van der Waals surface area (Å²) in [7, 11) is 0. The molecule has 43 nitrogen and oxygen atoms in total. The summed E-state index contributed by atoms with van der Waals surface area (Å²) < 4.78 is 91.9. The Hall–Kier alpha value is -9.90. The van der Waals surface area contributed by atoms with Crippen molar-refractivity contribution in [2.24, 2.45) is 0 Å². The zero-order valence-corrected chi connectivity index (χ0v) is 62.9. The number of phenolic OH excluding ortho intramolecular Hbond substituents is 5. The van der Waals surface area contributed by atoms with Gasteiger partial charge in [-0.1, -0.05) is 24.3 Å². The quantitative estimate of drug-likeness (QED) is 0.00716. The number of aliphatic hydroxyl groups excluding tert-OH is 19. The Morgan fingerprint density at radius 1 is 0.355 bits per heavy atom. The monoisotopic (exact) mass is 1710 g/mol. The second-order valence-corrected chi connectivity index (χ2v) is 28.6. The molecule has 658 valence electrons. The average molecular weight is 1710 g/mol. The molecule has 6 saturated heterocycles. The number of hydrogen-bond acceptors (Lipinski definition) is 42. The first-order valence-electron chi connectivity index (χ1n) is 37.3. The number of aromatic hydroxyl groups is 5. The van der Waals surface area contributed by atoms with Crippen LogP contribution in [0.2, 0.25) is 0 Å². The first-order chi connectivity index (χ1) is 57.7. The Labute approximate surface area is 682 Å². The van der Waals surface area contributed by atoms with Crippen LogP contribution in [0, 0.1) is 0 Å². The van der Waals surface area contributed by atoms with Crippen LogP contribution < -0.4 is 23.7 Å². The summed E-state index contributed by atoms with van der Waals surface area (Å²) in [5, 5.41) is 256. The molecule has 1 aromatic heterocycles. The normalized spacial score (nSPS) is 34.0. The number of hydrogen-bond donors (Lipinski definition) is 24. The summed E-state index contributed by atoms with van der Waals surface area (Å²) in [4.78, 5) is 39.7. The highest BCUT2D eigenvalue weighted by Crippen LogP contribution is 2.45. The Kier molecular flexibility index (Phi) is 29.5. The lowest BCUT2D eigenvalue weighted by atomic mass is 9.97. The third-order valence-electron chi connectivity index (χ3n) is 20.2. The van der Waals surface area contributed by atoms with Gasteiger partial charge in [-0.25, -0.2) is 18.8 Å². The first kappa shape index (κ1) is 90.3. The van der Waals surface area contributed by atoms with Crippen LogP contribution in [0.25, 0.3) is 40.5 Å². The highest BCUT2D eigenvalue weighted by molar-refractivity contribution is 5.90. The highest BCUT2D eigenvalue weighted by atomic mass is 16.8. The fraction of sp³-hybridized carbons (Fsp3) is 0.462. The number of phenols is 5. The molecule has 12 rings (SSSR count). The van der Waals surface area contributed by atoms with E-state index in [1.165, 1.54) is 66.7 Å². The first-order valence-corrected chi connectivity index (χ1v) is 37.3. The van der Waals surface area contributed by atoms with Gasteiger partial charge in [0, 0.05) is 42.8 Å². The van der Waals surface area contributed by atoms with Gasteiger partial charge in [-0.3, -0.25) is 0 Å². The zero-order chi connectivity index (χ0) is 87.1. The number of rotatable bonds is 28. The molecule has 6 aromatic rings. The maximum atomic E-state index is 13.6. The van der Waals surface area contributed by atoms with E-state index < -0.39 is 276 Å². The summed E-state index contributed by atoms with van der Waals surface area (Å²) in [5.74, 6) is -7.96. The van der Waals surface area contributed by atoms with Crippen LogP contribution >= 0.6 is 0 Å². The van der Waals surface area contributed by atoms with E-state index in [2.05, 4.69) is 0 Å². The van der Waals surface area contributed by atoms with Crippen molar-refractivity contribution in [1.29, 1.82) is 0 Å². The van der Waals surface area contributed by atoms with E-state index in [1.807, 2.05) is 0 Å². The molecule has 6 fully saturated rings. The second-order valence-electron chi connectivity index (χ2n) is 28.6. The molecule has 0 amide bonds. The van der Waals surface area contributed by atoms with Gasteiger partial charge in [0.1, 0.15) is 171 Å². The topological polar surface area (TPSA) is 686 Å². The van der Waals surface area contributed by atoms with Gasteiger partial charge >= 0.3 is 29.3 Å². The van der Waals surface area contributed by atoms with Gasteiger partial charge < -0.3 is 194 Å². The van der Waals surface area contributed by atoms with E-state index in [9.17, 15) is 137 Å². The molecule has 0 saturated carbocycles. The van der Waals surface area contributed by atoms with Crippen molar-refractivity contribution in [2.75, 3.05) is 39.6 Å². The largest absolute Gasteiger partial charge is 0.507 e. The second kappa shape index (κ2) is 39.5. The van der Waals surface area contributed by atoms with Crippen molar-refractivity contribution in [3.05, 3.63) is 132 Å². The molecule has 24 N–H and O–H groups in total. The molecule has 0 bridgehead atoms. The number of esters is 3. The molecule has 5 aromatic carbocycles. The van der Waals surface area contributed by atoms with Gasteiger partial charge in [-0.05, 0) is 83.4 Å². The third kappa shape index (κ3) is 21.1. The Morgan fingerprint density at radius 2 is 0.760 bits per heavy atom. The lowest BCUT2D eigenvalue weighted by molar-refractivity contribution is -0.358. The summed E-state index contributed by atoms with van der Waals surface area (Å²) in [6, 6.07) is 19.3. The van der Waals surface area contributed by atoms with E-state index in [4.69, 9.17) is 75.5 Å². The van der Waals surface area contributed by atoms with Crippen molar-refractivity contribution in [1.82, 2.24) is 0 Å². The van der Waals surface area contributed by atoms with Crippen molar-refractivity contribution in [3.63, 3.8) is 0 Å². The SMILES string of the molecule is O=C(C=Cc1ccc(O)c(O[C@@H]2O[C@H](CO)[C@@H](O)[C@H](O)[C@H]2O)c1)OC[C@@H]1O[C@H](O[C@H]2[C@H](Oc3cc4c(O[C@@H]5O[C@H](CO)[C@@H](O)C[C@H]5O)cc(O)cc4[o+]c3-c3ccc(O)c(O)c3)O[C@H](COC(=O)/C=C/c3ccc(O[C@@H]4O[C@H](COC(=O)C=Cc5ccc(O)c(O[C@H]6O[C@@H](CO)[C@H](O)[C@@H](O)[C@@H]6O)c5)[C@@H](O)[C@H](O)[C@H]4O)cc3)[C@@H](O)[C@@H]2O)[C@@H](O)[C@H](O)[C@H]1O. The van der Waals surface area contributed by atoms with E-state index in [1.54, 1.807) is 0 Å². The molecule has 6 aliphatic rings. The predicted octanol–water partition coefficient (Wildman–Crippen LogP) is -5.55. The minimum absolute atomic E-state index is 0.00963. The summed E-state index contributed by atoms with van der Waals surface area (Å²) in [6.45, 7) is -4.81. The fourth-order valence-electron chi connectivity index (χ4n) is 13.3. The number of aliphatic hydroxyl groups is 19. The smallest absolute Gasteiger partial charge is 0.402 e. The molecular weight excluding hydrogens is 1620 g/mol. The van der Waals surface area contributed by atoms with Gasteiger partial charge in [0.2, 0.25) is 37.2 Å². The van der Waals surface area contributed by atoms with Crippen LogP contribution in [0.4, 0.5) is 0 Å². The van der Waals surface area contributed by atoms with Crippen LogP contribution in [-0.2, 0) is 61.8 Å². The molecule has 29 atom stereocenters. The predicted molar refractivity (Wildman–Crippen MR) is 396 cm³/mol. The summed E-state index contributed by atoms with van der Waals surface area (Å²) >= 11 is 0. The zero-order valence-electron chi connectivity index (χ0n) is 62.9. The van der Waals surface area contributed by atoms with Crippen LogP contribution in [-0.4, -0.2) is 358 Å². The van der Waals surface area contributed by atoms with Crippen LogP contribution in [0.3, 0.4) is 0 Å². The third-order valence-corrected chi connectivity index (χ3v) is 20.2.